The van der Waals surface area contributed by atoms with Crippen LogP contribution >= 0.6 is 0 Å². The summed E-state index contributed by atoms with van der Waals surface area (Å²) in [7, 11) is 0. The molecular formula is C12H10N2. The summed E-state index contributed by atoms with van der Waals surface area (Å²) in [6.45, 7) is 1.97. The fraction of sp³-hybridized carbons (Fsp3) is 0.167. The van der Waals surface area contributed by atoms with E-state index in [-0.39, 0.29) is 0 Å². The Morgan fingerprint density at radius 2 is 2.14 bits per heavy atom. The van der Waals surface area contributed by atoms with Gasteiger partial charge in [-0.25, -0.2) is 0 Å². The molecule has 2 rings (SSSR count). The molecule has 68 valence electrons. The minimum Gasteiger partial charge on any atom is -0.253 e. The molecule has 1 heterocycles. The fourth-order valence-corrected chi connectivity index (χ4v) is 1.48. The van der Waals surface area contributed by atoms with Crippen molar-refractivity contribution >= 4 is 10.9 Å². The van der Waals surface area contributed by atoms with E-state index in [1.54, 1.807) is 0 Å². The average Bonchev–Trinajstić information content (AvgIpc) is 2.19. The van der Waals surface area contributed by atoms with E-state index in [9.17, 15) is 0 Å². The molecule has 1 aromatic carbocycles. The third-order valence-electron chi connectivity index (χ3n) is 2.18. The van der Waals surface area contributed by atoms with E-state index in [4.69, 9.17) is 5.26 Å². The van der Waals surface area contributed by atoms with Crippen LogP contribution in [0.25, 0.3) is 10.9 Å². The molecule has 2 heteroatoms. The van der Waals surface area contributed by atoms with E-state index in [1.807, 2.05) is 37.3 Å². The number of benzene rings is 1. The topological polar surface area (TPSA) is 36.7 Å². The Balaban J connectivity index is 2.57. The molecule has 0 spiro atoms. The Hall–Kier alpha value is -1.88. The molecule has 0 unspecified atom stereocenters. The Morgan fingerprint density at radius 3 is 2.93 bits per heavy atom. The standard InChI is InChI=1S/C12H10N2/c1-9-2-4-11-8-10(6-7-13)3-5-12(11)14-9/h2-5,8H,6H2,1H3. The number of pyridine rings is 1. The molecule has 2 nitrogen and oxygen atoms in total. The zero-order chi connectivity index (χ0) is 9.97. The summed E-state index contributed by atoms with van der Waals surface area (Å²) >= 11 is 0. The summed E-state index contributed by atoms with van der Waals surface area (Å²) in [6, 6.07) is 12.1. The van der Waals surface area contributed by atoms with Gasteiger partial charge in [-0.2, -0.15) is 5.26 Å². The van der Waals surface area contributed by atoms with E-state index in [0.717, 1.165) is 22.2 Å². The summed E-state index contributed by atoms with van der Waals surface area (Å²) in [5.41, 5.74) is 3.06. The number of hydrogen-bond donors (Lipinski definition) is 0. The van der Waals surface area contributed by atoms with Crippen molar-refractivity contribution in [3.63, 3.8) is 0 Å². The Kier molecular flexibility index (Phi) is 2.16. The predicted octanol–water partition coefficient (Wildman–Crippen LogP) is 2.61. The number of hydrogen-bond acceptors (Lipinski definition) is 2. The lowest BCUT2D eigenvalue weighted by atomic mass is 10.1. The normalized spacial score (nSPS) is 10.0. The van der Waals surface area contributed by atoms with Crippen molar-refractivity contribution in [3.05, 3.63) is 41.6 Å². The predicted molar refractivity (Wildman–Crippen MR) is 55.8 cm³/mol. The van der Waals surface area contributed by atoms with Gasteiger partial charge in [-0.3, -0.25) is 4.98 Å². The van der Waals surface area contributed by atoms with E-state index in [1.165, 1.54) is 0 Å². The van der Waals surface area contributed by atoms with Crippen LogP contribution < -0.4 is 0 Å². The van der Waals surface area contributed by atoms with Gasteiger partial charge in [-0.1, -0.05) is 12.1 Å². The number of aryl methyl sites for hydroxylation is 1. The van der Waals surface area contributed by atoms with Gasteiger partial charge in [0.15, 0.2) is 0 Å². The largest absolute Gasteiger partial charge is 0.253 e. The van der Waals surface area contributed by atoms with Crippen molar-refractivity contribution < 1.29 is 0 Å². The molecule has 0 saturated heterocycles. The molecule has 0 atom stereocenters. The summed E-state index contributed by atoms with van der Waals surface area (Å²) in [5, 5.41) is 9.67. The summed E-state index contributed by atoms with van der Waals surface area (Å²) < 4.78 is 0. The van der Waals surface area contributed by atoms with Crippen molar-refractivity contribution in [1.82, 2.24) is 4.98 Å². The Bertz CT molecular complexity index is 509. The van der Waals surface area contributed by atoms with Crippen LogP contribution in [0.1, 0.15) is 11.3 Å². The van der Waals surface area contributed by atoms with Crippen LogP contribution in [0.2, 0.25) is 0 Å². The highest BCUT2D eigenvalue weighted by Gasteiger charge is 1.97. The lowest BCUT2D eigenvalue weighted by Crippen LogP contribution is -1.85. The van der Waals surface area contributed by atoms with Crippen LogP contribution in [-0.2, 0) is 6.42 Å². The van der Waals surface area contributed by atoms with Crippen LogP contribution in [0.3, 0.4) is 0 Å². The van der Waals surface area contributed by atoms with Gasteiger partial charge >= 0.3 is 0 Å². The maximum Gasteiger partial charge on any atom is 0.0705 e. The molecule has 0 radical (unpaired) electrons. The third-order valence-corrected chi connectivity index (χ3v) is 2.18. The Labute approximate surface area is 82.8 Å². The number of fused-ring (bicyclic) bond motifs is 1. The lowest BCUT2D eigenvalue weighted by Gasteiger charge is -2.00. The second kappa shape index (κ2) is 3.47. The molecule has 0 fully saturated rings. The first-order valence-corrected chi connectivity index (χ1v) is 4.53. The molecule has 1 aromatic heterocycles. The highest BCUT2D eigenvalue weighted by Crippen LogP contribution is 2.14. The van der Waals surface area contributed by atoms with Crippen molar-refractivity contribution in [2.45, 2.75) is 13.3 Å². The van der Waals surface area contributed by atoms with Gasteiger partial charge in [0.2, 0.25) is 0 Å². The molecular weight excluding hydrogens is 172 g/mol. The number of nitrogens with zero attached hydrogens (tertiary/aromatic N) is 2. The highest BCUT2D eigenvalue weighted by molar-refractivity contribution is 5.79. The van der Waals surface area contributed by atoms with E-state index < -0.39 is 0 Å². The zero-order valence-electron chi connectivity index (χ0n) is 7.99. The van der Waals surface area contributed by atoms with Crippen molar-refractivity contribution in [3.8, 4) is 6.07 Å². The van der Waals surface area contributed by atoms with Gasteiger partial charge < -0.3 is 0 Å². The second-order valence-electron chi connectivity index (χ2n) is 3.31. The first-order chi connectivity index (χ1) is 6.79. The SMILES string of the molecule is Cc1ccc2cc(CC#N)ccc2n1. The molecule has 0 aliphatic carbocycles. The molecule has 0 amide bonds. The van der Waals surface area contributed by atoms with E-state index in [2.05, 4.69) is 11.1 Å². The molecule has 0 aliphatic rings. The maximum absolute atomic E-state index is 8.57. The first kappa shape index (κ1) is 8.71. The number of nitriles is 1. The van der Waals surface area contributed by atoms with Gasteiger partial charge in [-0.05, 0) is 30.7 Å². The van der Waals surface area contributed by atoms with Gasteiger partial charge in [0.05, 0.1) is 18.0 Å². The summed E-state index contributed by atoms with van der Waals surface area (Å²) in [4.78, 5) is 4.39. The van der Waals surface area contributed by atoms with Crippen LogP contribution in [-0.4, -0.2) is 4.98 Å². The quantitative estimate of drug-likeness (QED) is 0.679. The van der Waals surface area contributed by atoms with E-state index in [0.29, 0.717) is 6.42 Å². The lowest BCUT2D eigenvalue weighted by molar-refractivity contribution is 1.24. The van der Waals surface area contributed by atoms with Gasteiger partial charge in [0.1, 0.15) is 0 Å². The summed E-state index contributed by atoms with van der Waals surface area (Å²) in [6.07, 6.45) is 0.462. The highest BCUT2D eigenvalue weighted by atomic mass is 14.7. The molecule has 0 N–H and O–H groups in total. The van der Waals surface area contributed by atoms with Crippen molar-refractivity contribution in [2.75, 3.05) is 0 Å². The minimum absolute atomic E-state index is 0.462. The van der Waals surface area contributed by atoms with Gasteiger partial charge in [-0.15, -0.1) is 0 Å². The monoisotopic (exact) mass is 182 g/mol. The Morgan fingerprint density at radius 1 is 1.29 bits per heavy atom. The molecule has 14 heavy (non-hydrogen) atoms. The van der Waals surface area contributed by atoms with Crippen LogP contribution in [0.4, 0.5) is 0 Å². The fourth-order valence-electron chi connectivity index (χ4n) is 1.48. The zero-order valence-corrected chi connectivity index (χ0v) is 7.99. The first-order valence-electron chi connectivity index (χ1n) is 4.53. The van der Waals surface area contributed by atoms with Crippen LogP contribution in [0.15, 0.2) is 30.3 Å². The summed E-state index contributed by atoms with van der Waals surface area (Å²) in [5.74, 6) is 0. The van der Waals surface area contributed by atoms with Gasteiger partial charge in [0, 0.05) is 11.1 Å². The number of rotatable bonds is 1. The molecule has 0 aliphatic heterocycles. The van der Waals surface area contributed by atoms with Crippen LogP contribution in [0, 0.1) is 18.3 Å². The van der Waals surface area contributed by atoms with Crippen molar-refractivity contribution in [2.24, 2.45) is 0 Å². The van der Waals surface area contributed by atoms with Gasteiger partial charge in [0.25, 0.3) is 0 Å². The molecule has 2 aromatic rings. The maximum atomic E-state index is 8.57. The minimum atomic E-state index is 0.462. The van der Waals surface area contributed by atoms with Crippen LogP contribution in [0.5, 0.6) is 0 Å². The smallest absolute Gasteiger partial charge is 0.0705 e. The third kappa shape index (κ3) is 1.57. The molecule has 0 bridgehead atoms. The average molecular weight is 182 g/mol. The van der Waals surface area contributed by atoms with E-state index >= 15 is 0 Å². The van der Waals surface area contributed by atoms with Crippen molar-refractivity contribution in [1.29, 1.82) is 5.26 Å². The molecule has 0 saturated carbocycles. The second-order valence-corrected chi connectivity index (χ2v) is 3.31. The number of aromatic nitrogens is 1.